The van der Waals surface area contributed by atoms with Crippen LogP contribution < -0.4 is 21.6 Å². The third kappa shape index (κ3) is 4.64. The van der Waals surface area contributed by atoms with Crippen molar-refractivity contribution in [3.05, 3.63) is 91.0 Å². The monoisotopic (exact) mass is 377 g/mol. The minimum atomic E-state index is -2.12. The van der Waals surface area contributed by atoms with Gasteiger partial charge in [-0.1, -0.05) is 0 Å². The molecule has 0 fully saturated rings. The Labute approximate surface area is 162 Å². The van der Waals surface area contributed by atoms with E-state index in [0.717, 1.165) is 25.4 Å². The molecule has 0 aliphatic heterocycles. The van der Waals surface area contributed by atoms with Gasteiger partial charge in [-0.2, -0.15) is 0 Å². The summed E-state index contributed by atoms with van der Waals surface area (Å²) in [5.74, 6) is -0.201. The normalized spacial score (nSPS) is 11.9. The number of primary amides is 1. The van der Waals surface area contributed by atoms with Crippen LogP contribution in [0.2, 0.25) is 0 Å². The van der Waals surface area contributed by atoms with E-state index in [9.17, 15) is 4.79 Å². The maximum absolute atomic E-state index is 11.1. The first-order valence-corrected chi connectivity index (χ1v) is 11.9. The quantitative estimate of drug-likeness (QED) is 0.448. The van der Waals surface area contributed by atoms with Crippen LogP contribution >= 0.6 is 7.26 Å². The molecule has 2 nitrogen and oxygen atoms in total. The van der Waals surface area contributed by atoms with Gasteiger partial charge in [-0.05, 0) is 0 Å². The van der Waals surface area contributed by atoms with Gasteiger partial charge >= 0.3 is 162 Å². The van der Waals surface area contributed by atoms with E-state index in [-0.39, 0.29) is 5.91 Å². The van der Waals surface area contributed by atoms with Crippen molar-refractivity contribution in [3.63, 3.8) is 0 Å². The van der Waals surface area contributed by atoms with Crippen LogP contribution in [-0.2, 0) is 4.79 Å². The molecular weight excluding hydrogens is 349 g/mol. The Morgan fingerprint density at radius 1 is 0.630 bits per heavy atom. The van der Waals surface area contributed by atoms with E-state index in [4.69, 9.17) is 5.73 Å². The zero-order chi connectivity index (χ0) is 19.0. The van der Waals surface area contributed by atoms with Crippen molar-refractivity contribution in [2.45, 2.75) is 25.7 Å². The summed E-state index contributed by atoms with van der Waals surface area (Å²) in [6.07, 6.45) is 4.61. The van der Waals surface area contributed by atoms with Gasteiger partial charge in [-0.3, -0.25) is 0 Å². The predicted octanol–water partition coefficient (Wildman–Crippen LogP) is 3.76. The summed E-state index contributed by atoms with van der Waals surface area (Å²) >= 11 is 0. The van der Waals surface area contributed by atoms with Crippen LogP contribution in [0.4, 0.5) is 0 Å². The second-order valence-corrected chi connectivity index (χ2v) is 11.1. The second kappa shape index (κ2) is 9.48. The molecule has 0 aliphatic rings. The van der Waals surface area contributed by atoms with Crippen molar-refractivity contribution in [1.82, 2.24) is 0 Å². The fraction of sp³-hybridized carbons (Fsp3) is 0.208. The molecule has 27 heavy (non-hydrogen) atoms. The molecule has 0 unspecified atom stereocenters. The summed E-state index contributed by atoms with van der Waals surface area (Å²) in [7, 11) is -2.12. The van der Waals surface area contributed by atoms with Crippen molar-refractivity contribution in [1.29, 1.82) is 0 Å². The van der Waals surface area contributed by atoms with Crippen LogP contribution in [0, 0.1) is 0 Å². The molecule has 0 spiro atoms. The Hall–Kier alpha value is -2.44. The van der Waals surface area contributed by atoms with Gasteiger partial charge < -0.3 is 0 Å². The summed E-state index contributed by atoms with van der Waals surface area (Å²) in [4.78, 5) is 11.1. The van der Waals surface area contributed by atoms with E-state index in [0.29, 0.717) is 6.42 Å². The number of carbonyl (C=O) groups is 1. The van der Waals surface area contributed by atoms with Gasteiger partial charge in [-0.15, -0.1) is 0 Å². The van der Waals surface area contributed by atoms with E-state index in [1.807, 2.05) is 0 Å². The van der Waals surface area contributed by atoms with Crippen LogP contribution in [0.15, 0.2) is 91.0 Å². The maximum atomic E-state index is 11.1. The first-order chi connectivity index (χ1) is 13.2. The number of hydrogen-bond donors (Lipinski definition) is 1. The molecule has 0 radical (unpaired) electrons. The molecular formula is C24H28NOP. The topological polar surface area (TPSA) is 43.1 Å². The van der Waals surface area contributed by atoms with Crippen LogP contribution in [0.25, 0.3) is 0 Å². The zero-order valence-corrected chi connectivity index (χ0v) is 16.7. The number of rotatable bonds is 9. The summed E-state index contributed by atoms with van der Waals surface area (Å²) < 4.78 is 0. The molecule has 0 saturated heterocycles. The molecule has 3 rings (SSSR count). The summed E-state index contributed by atoms with van der Waals surface area (Å²) in [6.45, 7) is 0. The second-order valence-electron chi connectivity index (χ2n) is 7.03. The molecule has 0 heterocycles. The molecule has 0 saturated carbocycles. The van der Waals surface area contributed by atoms with Crippen molar-refractivity contribution in [2.24, 2.45) is 5.73 Å². The van der Waals surface area contributed by atoms with E-state index >= 15 is 0 Å². The van der Waals surface area contributed by atoms with Gasteiger partial charge in [0.15, 0.2) is 0 Å². The third-order valence-corrected chi connectivity index (χ3v) is 10.3. The average molecular weight is 377 g/mol. The molecule has 0 aliphatic carbocycles. The molecule has 3 aromatic rings. The number of nitrogens with two attached hydrogens (primary N) is 1. The Bertz CT molecular complexity index is 737. The van der Waals surface area contributed by atoms with Crippen molar-refractivity contribution in [2.75, 3.05) is 6.16 Å². The summed E-state index contributed by atoms with van der Waals surface area (Å²) in [6, 6.07) is 32.9. The fourth-order valence-electron chi connectivity index (χ4n) is 3.97. The first kappa shape index (κ1) is 19.3. The van der Waals surface area contributed by atoms with Gasteiger partial charge in [0.05, 0.1) is 0 Å². The minimum absolute atomic E-state index is 0.201. The molecule has 0 aromatic heterocycles. The zero-order valence-electron chi connectivity index (χ0n) is 15.7. The Morgan fingerprint density at radius 2 is 1.04 bits per heavy atom. The van der Waals surface area contributed by atoms with E-state index in [2.05, 4.69) is 91.0 Å². The fourth-order valence-corrected chi connectivity index (χ4v) is 8.90. The number of carbonyl (C=O) groups excluding carboxylic acids is 1. The molecule has 140 valence electrons. The van der Waals surface area contributed by atoms with Gasteiger partial charge in [0.1, 0.15) is 0 Å². The van der Waals surface area contributed by atoms with Gasteiger partial charge in [0.25, 0.3) is 0 Å². The molecule has 3 heteroatoms. The van der Waals surface area contributed by atoms with E-state index in [1.165, 1.54) is 15.9 Å². The average Bonchev–Trinajstić information content (AvgIpc) is 2.73. The number of benzene rings is 3. The number of unbranched alkanes of at least 4 members (excludes halogenated alkanes) is 2. The standard InChI is InChI=1S/C24H28NOP/c25-24(26)19-11-4-12-20-27(21-13-5-1-6-14-21,22-15-7-2-8-16-22)23-17-9-3-10-18-23/h1-3,5-10,13-18,27H,4,11-12,19-20H2,(H2,25,26). The van der Waals surface area contributed by atoms with Crippen LogP contribution in [0.3, 0.4) is 0 Å². The number of amides is 1. The van der Waals surface area contributed by atoms with Crippen molar-refractivity contribution < 1.29 is 4.79 Å². The van der Waals surface area contributed by atoms with Crippen molar-refractivity contribution >= 4 is 29.1 Å². The molecule has 0 atom stereocenters. The van der Waals surface area contributed by atoms with Gasteiger partial charge in [0, 0.05) is 0 Å². The molecule has 2 N–H and O–H groups in total. The Morgan fingerprint density at radius 3 is 1.41 bits per heavy atom. The predicted molar refractivity (Wildman–Crippen MR) is 119 cm³/mol. The van der Waals surface area contributed by atoms with Crippen LogP contribution in [0.1, 0.15) is 25.7 Å². The summed E-state index contributed by atoms with van der Waals surface area (Å²) in [5.41, 5.74) is 5.30. The van der Waals surface area contributed by atoms with Gasteiger partial charge in [-0.25, -0.2) is 0 Å². The third-order valence-electron chi connectivity index (χ3n) is 5.27. The summed E-state index contributed by atoms with van der Waals surface area (Å²) in [5, 5.41) is 4.33. The van der Waals surface area contributed by atoms with Gasteiger partial charge in [0.2, 0.25) is 0 Å². The molecule has 0 bridgehead atoms. The SMILES string of the molecule is NC(=O)CCCCC[PH](c1ccccc1)(c1ccccc1)c1ccccc1. The Kier molecular flexibility index (Phi) is 6.79. The molecule has 3 aromatic carbocycles. The molecule has 1 amide bonds. The first-order valence-electron chi connectivity index (χ1n) is 9.68. The Balaban J connectivity index is 2.02. The van der Waals surface area contributed by atoms with Crippen molar-refractivity contribution in [3.8, 4) is 0 Å². The van der Waals surface area contributed by atoms with Crippen LogP contribution in [0.5, 0.6) is 0 Å². The van der Waals surface area contributed by atoms with E-state index < -0.39 is 7.26 Å². The van der Waals surface area contributed by atoms with Crippen LogP contribution in [-0.4, -0.2) is 12.1 Å². The number of hydrogen-bond acceptors (Lipinski definition) is 1. The van der Waals surface area contributed by atoms with E-state index in [1.54, 1.807) is 0 Å².